The lowest BCUT2D eigenvalue weighted by Crippen LogP contribution is -2.23. The number of pyridine rings is 1. The Morgan fingerprint density at radius 3 is 2.89 bits per heavy atom. The first kappa shape index (κ1) is 14.1. The van der Waals surface area contributed by atoms with E-state index in [0.29, 0.717) is 6.04 Å². The van der Waals surface area contributed by atoms with Gasteiger partial charge in [-0.2, -0.15) is 5.10 Å². The molecule has 0 spiro atoms. The first-order chi connectivity index (χ1) is 9.26. The van der Waals surface area contributed by atoms with Crippen LogP contribution in [0.15, 0.2) is 30.6 Å². The largest absolute Gasteiger partial charge is 0.310 e. The van der Waals surface area contributed by atoms with Crippen LogP contribution in [0.5, 0.6) is 0 Å². The maximum atomic E-state index is 4.46. The van der Waals surface area contributed by atoms with Crippen LogP contribution in [0.3, 0.4) is 0 Å². The lowest BCUT2D eigenvalue weighted by atomic mass is 9.95. The van der Waals surface area contributed by atoms with Crippen molar-refractivity contribution in [3.8, 4) is 0 Å². The Kier molecular flexibility index (Phi) is 4.97. The number of hydrogen-bond donors (Lipinski definition) is 1. The molecule has 0 radical (unpaired) electrons. The summed E-state index contributed by atoms with van der Waals surface area (Å²) < 4.78 is 1.96. The van der Waals surface area contributed by atoms with Crippen LogP contribution in [-0.2, 0) is 0 Å². The SMILES string of the molecule is CCCNC(CC(C)CC)c1cnn2ccccc12. The Morgan fingerprint density at radius 1 is 1.32 bits per heavy atom. The van der Waals surface area contributed by atoms with Crippen molar-refractivity contribution in [3.05, 3.63) is 36.2 Å². The van der Waals surface area contributed by atoms with Gasteiger partial charge in [-0.25, -0.2) is 4.52 Å². The van der Waals surface area contributed by atoms with Crippen LogP contribution < -0.4 is 5.32 Å². The Balaban J connectivity index is 2.25. The first-order valence-electron chi connectivity index (χ1n) is 7.41. The molecule has 19 heavy (non-hydrogen) atoms. The van der Waals surface area contributed by atoms with Gasteiger partial charge in [0, 0.05) is 17.8 Å². The molecule has 2 rings (SSSR count). The Bertz CT molecular complexity index is 503. The number of aromatic nitrogens is 2. The van der Waals surface area contributed by atoms with Gasteiger partial charge >= 0.3 is 0 Å². The van der Waals surface area contributed by atoms with Crippen molar-refractivity contribution in [1.29, 1.82) is 0 Å². The maximum absolute atomic E-state index is 4.46. The molecule has 0 fully saturated rings. The zero-order valence-corrected chi connectivity index (χ0v) is 12.3. The van der Waals surface area contributed by atoms with Gasteiger partial charge in [-0.05, 0) is 37.4 Å². The smallest absolute Gasteiger partial charge is 0.0709 e. The minimum atomic E-state index is 0.412. The molecule has 104 valence electrons. The lowest BCUT2D eigenvalue weighted by molar-refractivity contribution is 0.404. The number of fused-ring (bicyclic) bond motifs is 1. The van der Waals surface area contributed by atoms with Gasteiger partial charge in [-0.15, -0.1) is 0 Å². The summed E-state index contributed by atoms with van der Waals surface area (Å²) in [5.41, 5.74) is 2.55. The molecule has 3 nitrogen and oxygen atoms in total. The Hall–Kier alpha value is -1.35. The molecule has 2 aromatic heterocycles. The second kappa shape index (κ2) is 6.71. The Morgan fingerprint density at radius 2 is 2.16 bits per heavy atom. The van der Waals surface area contributed by atoms with Gasteiger partial charge in [-0.1, -0.05) is 33.3 Å². The maximum Gasteiger partial charge on any atom is 0.0709 e. The summed E-state index contributed by atoms with van der Waals surface area (Å²) >= 11 is 0. The van der Waals surface area contributed by atoms with E-state index in [0.717, 1.165) is 18.9 Å². The highest BCUT2D eigenvalue weighted by Gasteiger charge is 2.17. The highest BCUT2D eigenvalue weighted by molar-refractivity contribution is 5.54. The van der Waals surface area contributed by atoms with E-state index in [2.05, 4.69) is 43.3 Å². The van der Waals surface area contributed by atoms with E-state index in [1.54, 1.807) is 0 Å². The van der Waals surface area contributed by atoms with Crippen molar-refractivity contribution in [1.82, 2.24) is 14.9 Å². The fourth-order valence-corrected chi connectivity index (χ4v) is 2.43. The summed E-state index contributed by atoms with van der Waals surface area (Å²) in [5, 5.41) is 8.13. The highest BCUT2D eigenvalue weighted by atomic mass is 15.2. The zero-order valence-electron chi connectivity index (χ0n) is 12.3. The normalized spacial score (nSPS) is 14.7. The average molecular weight is 259 g/mol. The number of nitrogens with one attached hydrogen (secondary N) is 1. The van der Waals surface area contributed by atoms with Gasteiger partial charge in [0.1, 0.15) is 0 Å². The van der Waals surface area contributed by atoms with Crippen molar-refractivity contribution >= 4 is 5.52 Å². The molecule has 0 amide bonds. The molecule has 2 heterocycles. The van der Waals surface area contributed by atoms with Crippen LogP contribution in [0.1, 0.15) is 51.6 Å². The van der Waals surface area contributed by atoms with Gasteiger partial charge in [-0.3, -0.25) is 0 Å². The van der Waals surface area contributed by atoms with Crippen LogP contribution in [0.25, 0.3) is 5.52 Å². The fourth-order valence-electron chi connectivity index (χ4n) is 2.43. The Labute approximate surface area is 116 Å². The van der Waals surface area contributed by atoms with Crippen LogP contribution in [-0.4, -0.2) is 16.2 Å². The number of hydrogen-bond acceptors (Lipinski definition) is 2. The zero-order chi connectivity index (χ0) is 13.7. The molecule has 2 aromatic rings. The molecule has 1 N–H and O–H groups in total. The van der Waals surface area contributed by atoms with E-state index in [4.69, 9.17) is 0 Å². The lowest BCUT2D eigenvalue weighted by Gasteiger charge is -2.21. The molecule has 0 bridgehead atoms. The molecule has 0 aliphatic carbocycles. The van der Waals surface area contributed by atoms with Crippen LogP contribution in [0, 0.1) is 5.92 Å². The van der Waals surface area contributed by atoms with Crippen LogP contribution >= 0.6 is 0 Å². The monoisotopic (exact) mass is 259 g/mol. The minimum absolute atomic E-state index is 0.412. The summed E-state index contributed by atoms with van der Waals surface area (Å²) in [5.74, 6) is 0.730. The molecule has 0 aliphatic rings. The third-order valence-corrected chi connectivity index (χ3v) is 3.81. The predicted molar refractivity (Wildman–Crippen MR) is 80.3 cm³/mol. The quantitative estimate of drug-likeness (QED) is 0.819. The van der Waals surface area contributed by atoms with Gasteiger partial charge in [0.05, 0.1) is 11.7 Å². The van der Waals surface area contributed by atoms with E-state index >= 15 is 0 Å². The summed E-state index contributed by atoms with van der Waals surface area (Å²) in [7, 11) is 0. The van der Waals surface area contributed by atoms with Crippen LogP contribution in [0.2, 0.25) is 0 Å². The summed E-state index contributed by atoms with van der Waals surface area (Å²) in [6, 6.07) is 6.67. The first-order valence-corrected chi connectivity index (χ1v) is 7.41. The van der Waals surface area contributed by atoms with Gasteiger partial charge < -0.3 is 5.32 Å². The molecule has 0 aliphatic heterocycles. The molecule has 0 saturated heterocycles. The molecular formula is C16H25N3. The highest BCUT2D eigenvalue weighted by Crippen LogP contribution is 2.26. The van der Waals surface area contributed by atoms with Crippen molar-refractivity contribution in [2.45, 2.75) is 46.1 Å². The molecule has 2 atom stereocenters. The topological polar surface area (TPSA) is 29.3 Å². The van der Waals surface area contributed by atoms with E-state index in [9.17, 15) is 0 Å². The molecule has 0 aromatic carbocycles. The predicted octanol–water partition coefficient (Wildman–Crippen LogP) is 3.81. The van der Waals surface area contributed by atoms with E-state index < -0.39 is 0 Å². The van der Waals surface area contributed by atoms with Crippen molar-refractivity contribution in [3.63, 3.8) is 0 Å². The van der Waals surface area contributed by atoms with E-state index in [-0.39, 0.29) is 0 Å². The van der Waals surface area contributed by atoms with Crippen molar-refractivity contribution in [2.75, 3.05) is 6.54 Å². The molecule has 2 unspecified atom stereocenters. The molecule has 3 heteroatoms. The van der Waals surface area contributed by atoms with Gasteiger partial charge in [0.25, 0.3) is 0 Å². The second-order valence-electron chi connectivity index (χ2n) is 5.39. The second-order valence-corrected chi connectivity index (χ2v) is 5.39. The summed E-state index contributed by atoms with van der Waals surface area (Å²) in [6.07, 6.45) is 7.59. The van der Waals surface area contributed by atoms with Gasteiger partial charge in [0.15, 0.2) is 0 Å². The van der Waals surface area contributed by atoms with E-state index in [1.807, 2.05) is 23.0 Å². The average Bonchev–Trinajstić information content (AvgIpc) is 2.87. The number of rotatable bonds is 7. The molecule has 0 saturated carbocycles. The van der Waals surface area contributed by atoms with Crippen LogP contribution in [0.4, 0.5) is 0 Å². The third kappa shape index (κ3) is 3.35. The fraction of sp³-hybridized carbons (Fsp3) is 0.562. The molecular weight excluding hydrogens is 234 g/mol. The summed E-state index contributed by atoms with van der Waals surface area (Å²) in [6.45, 7) is 7.86. The summed E-state index contributed by atoms with van der Waals surface area (Å²) in [4.78, 5) is 0. The van der Waals surface area contributed by atoms with Gasteiger partial charge in [0.2, 0.25) is 0 Å². The number of nitrogens with zero attached hydrogens (tertiary/aromatic N) is 2. The third-order valence-electron chi connectivity index (χ3n) is 3.81. The van der Waals surface area contributed by atoms with Crippen molar-refractivity contribution < 1.29 is 0 Å². The minimum Gasteiger partial charge on any atom is -0.310 e. The van der Waals surface area contributed by atoms with Crippen molar-refractivity contribution in [2.24, 2.45) is 5.92 Å². The standard InChI is InChI=1S/C16H25N3/c1-4-9-17-15(11-13(3)5-2)14-12-18-19-10-7-6-8-16(14)19/h6-8,10,12-13,15,17H,4-5,9,11H2,1-3H3. The van der Waals surface area contributed by atoms with E-state index in [1.165, 1.54) is 23.9 Å².